The van der Waals surface area contributed by atoms with E-state index in [4.69, 9.17) is 4.74 Å². The van der Waals surface area contributed by atoms with Gasteiger partial charge in [0.25, 0.3) is 11.7 Å². The lowest BCUT2D eigenvalue weighted by Gasteiger charge is -2.25. The van der Waals surface area contributed by atoms with Crippen LogP contribution in [0.5, 0.6) is 5.75 Å². The van der Waals surface area contributed by atoms with Crippen LogP contribution in [0, 0.1) is 0 Å². The molecule has 32 heavy (non-hydrogen) atoms. The second-order valence-electron chi connectivity index (χ2n) is 7.53. The predicted molar refractivity (Wildman–Crippen MR) is 121 cm³/mol. The fourth-order valence-corrected chi connectivity index (χ4v) is 3.78. The van der Waals surface area contributed by atoms with Crippen LogP contribution in [-0.4, -0.2) is 33.3 Å². The highest BCUT2D eigenvalue weighted by molar-refractivity contribution is 6.46. The molecule has 1 aliphatic heterocycles. The van der Waals surface area contributed by atoms with E-state index in [1.807, 2.05) is 43.3 Å². The summed E-state index contributed by atoms with van der Waals surface area (Å²) in [5.74, 6) is -0.895. The molecule has 6 nitrogen and oxygen atoms in total. The van der Waals surface area contributed by atoms with E-state index in [9.17, 15) is 14.7 Å². The number of benzene rings is 2. The monoisotopic (exact) mass is 428 g/mol. The lowest BCUT2D eigenvalue weighted by molar-refractivity contribution is -0.140. The fourth-order valence-electron chi connectivity index (χ4n) is 3.78. The molecule has 3 aromatic rings. The number of amides is 1. The molecule has 0 saturated carbocycles. The van der Waals surface area contributed by atoms with Crippen LogP contribution >= 0.6 is 0 Å². The maximum absolute atomic E-state index is 13.1. The lowest BCUT2D eigenvalue weighted by Crippen LogP contribution is -2.29. The zero-order valence-corrected chi connectivity index (χ0v) is 17.8. The largest absolute Gasteiger partial charge is 0.507 e. The van der Waals surface area contributed by atoms with Crippen molar-refractivity contribution in [3.63, 3.8) is 0 Å². The van der Waals surface area contributed by atoms with Gasteiger partial charge in [-0.05, 0) is 48.4 Å². The number of aliphatic hydroxyl groups excluding tert-OH is 1. The highest BCUT2D eigenvalue weighted by Crippen LogP contribution is 2.40. The zero-order valence-electron chi connectivity index (χ0n) is 17.8. The summed E-state index contributed by atoms with van der Waals surface area (Å²) in [4.78, 5) is 31.8. The molecule has 1 aromatic heterocycles. The van der Waals surface area contributed by atoms with E-state index in [1.165, 1.54) is 4.90 Å². The lowest BCUT2D eigenvalue weighted by atomic mass is 9.95. The van der Waals surface area contributed by atoms with Crippen LogP contribution in [0.15, 0.2) is 84.6 Å². The molecular formula is C26H24N2O4. The van der Waals surface area contributed by atoms with Gasteiger partial charge in [0.2, 0.25) is 0 Å². The van der Waals surface area contributed by atoms with Crippen LogP contribution in [0.4, 0.5) is 0 Å². The number of likely N-dealkylation sites (tertiary alicyclic amines) is 1. The number of rotatable bonds is 7. The number of ether oxygens (including phenoxy) is 1. The smallest absolute Gasteiger partial charge is 0.296 e. The number of carbonyl (C=O) groups is 2. The number of Topliss-reactive ketones (excluding diaryl/α,β-unsaturated/α-hetero) is 1. The minimum Gasteiger partial charge on any atom is -0.507 e. The number of aliphatic hydroxyl groups is 1. The molecule has 0 radical (unpaired) electrons. The predicted octanol–water partition coefficient (Wildman–Crippen LogP) is 4.49. The molecule has 0 aliphatic carbocycles. The van der Waals surface area contributed by atoms with E-state index in [1.54, 1.807) is 42.6 Å². The van der Waals surface area contributed by atoms with Crippen molar-refractivity contribution in [1.82, 2.24) is 9.88 Å². The number of hydrogen-bond acceptors (Lipinski definition) is 5. The van der Waals surface area contributed by atoms with Gasteiger partial charge in [0.1, 0.15) is 11.5 Å². The molecule has 1 saturated heterocycles. The molecule has 0 spiro atoms. The third kappa shape index (κ3) is 4.25. The number of hydrogen-bond donors (Lipinski definition) is 1. The average molecular weight is 428 g/mol. The summed E-state index contributed by atoms with van der Waals surface area (Å²) >= 11 is 0. The molecule has 4 rings (SSSR count). The normalized spacial score (nSPS) is 17.5. The first-order valence-electron chi connectivity index (χ1n) is 10.6. The Morgan fingerprint density at radius 3 is 2.38 bits per heavy atom. The standard InChI is InChI=1S/C26H24N2O4/c1-2-16-32-21-13-11-19(12-14-21)24(29)22-23(18-8-4-3-5-9-18)28(26(31)25(22)30)17-20-10-6-7-15-27-20/h3-15,23,29H,2,16-17H2,1H3/b24-22+. The van der Waals surface area contributed by atoms with Gasteiger partial charge in [-0.25, -0.2) is 0 Å². The summed E-state index contributed by atoms with van der Waals surface area (Å²) in [7, 11) is 0. The molecule has 1 atom stereocenters. The van der Waals surface area contributed by atoms with E-state index < -0.39 is 17.7 Å². The third-order valence-electron chi connectivity index (χ3n) is 5.31. The van der Waals surface area contributed by atoms with Crippen molar-refractivity contribution in [3.05, 3.63) is 101 Å². The van der Waals surface area contributed by atoms with Crippen molar-refractivity contribution < 1.29 is 19.4 Å². The van der Waals surface area contributed by atoms with E-state index in [-0.39, 0.29) is 17.9 Å². The van der Waals surface area contributed by atoms with Crippen molar-refractivity contribution in [1.29, 1.82) is 0 Å². The van der Waals surface area contributed by atoms with Crippen LogP contribution < -0.4 is 4.74 Å². The zero-order chi connectivity index (χ0) is 22.5. The van der Waals surface area contributed by atoms with Crippen molar-refractivity contribution >= 4 is 17.4 Å². The van der Waals surface area contributed by atoms with Crippen LogP contribution in [0.3, 0.4) is 0 Å². The van der Waals surface area contributed by atoms with Gasteiger partial charge in [-0.3, -0.25) is 14.6 Å². The molecular weight excluding hydrogens is 404 g/mol. The van der Waals surface area contributed by atoms with Gasteiger partial charge in [0.05, 0.1) is 30.5 Å². The van der Waals surface area contributed by atoms with E-state index in [0.717, 1.165) is 12.0 Å². The highest BCUT2D eigenvalue weighted by atomic mass is 16.5. The SMILES string of the molecule is CCCOc1ccc(/C(O)=C2\C(=O)C(=O)N(Cc3ccccn3)C2c2ccccc2)cc1. The van der Waals surface area contributed by atoms with Crippen LogP contribution in [0.25, 0.3) is 5.76 Å². The molecule has 6 heteroatoms. The van der Waals surface area contributed by atoms with Gasteiger partial charge in [-0.15, -0.1) is 0 Å². The Balaban J connectivity index is 1.76. The first-order valence-corrected chi connectivity index (χ1v) is 10.6. The summed E-state index contributed by atoms with van der Waals surface area (Å²) in [6.45, 7) is 2.78. The number of pyridine rings is 1. The van der Waals surface area contributed by atoms with Gasteiger partial charge in [0.15, 0.2) is 0 Å². The Morgan fingerprint density at radius 2 is 1.72 bits per heavy atom. The molecule has 1 amide bonds. The second-order valence-corrected chi connectivity index (χ2v) is 7.53. The minimum absolute atomic E-state index is 0.0688. The molecule has 1 N–H and O–H groups in total. The Hall–Kier alpha value is -3.93. The fraction of sp³-hybridized carbons (Fsp3) is 0.192. The Morgan fingerprint density at radius 1 is 1.00 bits per heavy atom. The van der Waals surface area contributed by atoms with Crippen LogP contribution in [-0.2, 0) is 16.1 Å². The van der Waals surface area contributed by atoms with Crippen molar-refractivity contribution in [3.8, 4) is 5.75 Å². The molecule has 0 bridgehead atoms. The second kappa shape index (κ2) is 9.47. The number of nitrogens with zero attached hydrogens (tertiary/aromatic N) is 2. The Bertz CT molecular complexity index is 1130. The molecule has 1 fully saturated rings. The summed E-state index contributed by atoms with van der Waals surface area (Å²) < 4.78 is 5.59. The van der Waals surface area contributed by atoms with Gasteiger partial charge >= 0.3 is 0 Å². The van der Waals surface area contributed by atoms with E-state index in [2.05, 4.69) is 4.98 Å². The number of carbonyl (C=O) groups excluding carboxylic acids is 2. The number of ketones is 1. The Kier molecular flexibility index (Phi) is 6.31. The number of aromatic nitrogens is 1. The minimum atomic E-state index is -0.714. The van der Waals surface area contributed by atoms with Crippen LogP contribution in [0.2, 0.25) is 0 Å². The van der Waals surface area contributed by atoms with E-state index in [0.29, 0.717) is 23.6 Å². The molecule has 2 heterocycles. The molecule has 2 aromatic carbocycles. The van der Waals surface area contributed by atoms with Crippen molar-refractivity contribution in [2.75, 3.05) is 6.61 Å². The van der Waals surface area contributed by atoms with Gasteiger partial charge < -0.3 is 14.7 Å². The first-order chi connectivity index (χ1) is 15.6. The Labute approximate surface area is 186 Å². The average Bonchev–Trinajstić information content (AvgIpc) is 3.09. The first kappa shape index (κ1) is 21.3. The van der Waals surface area contributed by atoms with E-state index >= 15 is 0 Å². The van der Waals surface area contributed by atoms with Gasteiger partial charge in [-0.2, -0.15) is 0 Å². The third-order valence-corrected chi connectivity index (χ3v) is 5.31. The summed E-state index contributed by atoms with van der Waals surface area (Å²) in [6, 6.07) is 20.8. The highest BCUT2D eigenvalue weighted by Gasteiger charge is 2.46. The molecule has 1 unspecified atom stereocenters. The van der Waals surface area contributed by atoms with Crippen LogP contribution in [0.1, 0.15) is 36.2 Å². The molecule has 1 aliphatic rings. The summed E-state index contributed by atoms with van der Waals surface area (Å²) in [5, 5.41) is 11.1. The summed E-state index contributed by atoms with van der Waals surface area (Å²) in [6.07, 6.45) is 2.53. The maximum Gasteiger partial charge on any atom is 0.296 e. The maximum atomic E-state index is 13.1. The van der Waals surface area contributed by atoms with Gasteiger partial charge in [-0.1, -0.05) is 43.3 Å². The summed E-state index contributed by atoms with van der Waals surface area (Å²) in [5.41, 5.74) is 1.92. The molecule has 162 valence electrons. The van der Waals surface area contributed by atoms with Crippen molar-refractivity contribution in [2.24, 2.45) is 0 Å². The van der Waals surface area contributed by atoms with Crippen molar-refractivity contribution in [2.45, 2.75) is 25.9 Å². The quantitative estimate of drug-likeness (QED) is 0.341. The topological polar surface area (TPSA) is 79.7 Å². The van der Waals surface area contributed by atoms with Gasteiger partial charge in [0, 0.05) is 11.8 Å².